The maximum atomic E-state index is 14.8. The maximum Gasteiger partial charge on any atom is 0.293 e. The maximum absolute atomic E-state index is 14.8. The molecule has 1 aromatic carbocycles. The molecule has 3 unspecified atom stereocenters. The Labute approximate surface area is 178 Å². The van der Waals surface area contributed by atoms with Crippen LogP contribution in [0.1, 0.15) is 51.0 Å². The van der Waals surface area contributed by atoms with Gasteiger partial charge in [-0.3, -0.25) is 0 Å². The second-order valence-corrected chi connectivity index (χ2v) is 8.34. The summed E-state index contributed by atoms with van der Waals surface area (Å²) in [5.41, 5.74) is 3.38. The number of hydrogen-bond donors (Lipinski definition) is 1. The topological polar surface area (TPSA) is 104 Å². The van der Waals surface area contributed by atoms with Crippen LogP contribution in [0.5, 0.6) is 0 Å². The summed E-state index contributed by atoms with van der Waals surface area (Å²) < 4.78 is 27.5. The number of rotatable bonds is 9. The van der Waals surface area contributed by atoms with E-state index in [1.807, 2.05) is 13.8 Å². The third kappa shape index (κ3) is 2.89. The zero-order valence-corrected chi connectivity index (χ0v) is 18.1. The van der Waals surface area contributed by atoms with Crippen LogP contribution in [-0.2, 0) is 9.47 Å². The monoisotopic (exact) mass is 462 g/mol. The molecular formula is C21H24BrFN4O2. The normalized spacial score (nSPS) is 28.9. The lowest BCUT2D eigenvalue weighted by Gasteiger charge is -2.32. The number of nitrogens with two attached hydrogens (primary N) is 1. The first-order chi connectivity index (χ1) is 13.9. The number of amidine groups is 1. The molecule has 3 atom stereocenters. The number of unbranched alkanes of at least 4 members (excludes halogenated alkanes) is 2. The minimum atomic E-state index is -1.73. The van der Waals surface area contributed by atoms with Crippen molar-refractivity contribution in [2.45, 2.75) is 51.4 Å². The van der Waals surface area contributed by atoms with Gasteiger partial charge in [0.05, 0.1) is 25.4 Å². The largest absolute Gasteiger partial charge is 0.386 e. The summed E-state index contributed by atoms with van der Waals surface area (Å²) in [7, 11) is 0. The van der Waals surface area contributed by atoms with Gasteiger partial charge in [0.25, 0.3) is 5.91 Å². The van der Waals surface area contributed by atoms with E-state index in [1.165, 1.54) is 6.07 Å². The van der Waals surface area contributed by atoms with Gasteiger partial charge in [0, 0.05) is 10.4 Å². The molecule has 8 heteroatoms. The first-order valence-electron chi connectivity index (χ1n) is 9.81. The lowest BCUT2D eigenvalue weighted by Crippen LogP contribution is -2.44. The third-order valence-electron chi connectivity index (χ3n) is 5.79. The fourth-order valence-corrected chi connectivity index (χ4v) is 4.65. The van der Waals surface area contributed by atoms with E-state index in [0.717, 1.165) is 25.7 Å². The predicted molar refractivity (Wildman–Crippen MR) is 109 cm³/mol. The van der Waals surface area contributed by atoms with Crippen molar-refractivity contribution in [1.29, 1.82) is 10.5 Å². The van der Waals surface area contributed by atoms with Crippen LogP contribution in [0.4, 0.5) is 4.39 Å². The van der Waals surface area contributed by atoms with Gasteiger partial charge in [-0.05, 0) is 36.6 Å². The molecule has 1 aromatic rings. The van der Waals surface area contributed by atoms with Gasteiger partial charge in [0.15, 0.2) is 5.41 Å². The highest BCUT2D eigenvalue weighted by Crippen LogP contribution is 2.82. The van der Waals surface area contributed by atoms with Crippen LogP contribution in [-0.4, -0.2) is 25.0 Å². The third-order valence-corrected chi connectivity index (χ3v) is 6.28. The van der Waals surface area contributed by atoms with Crippen molar-refractivity contribution in [2.24, 2.45) is 21.6 Å². The van der Waals surface area contributed by atoms with Crippen LogP contribution >= 0.6 is 15.9 Å². The Balaban J connectivity index is 2.14. The van der Waals surface area contributed by atoms with E-state index in [-0.39, 0.29) is 24.6 Å². The Morgan fingerprint density at radius 1 is 1.17 bits per heavy atom. The minimum absolute atomic E-state index is 0.0427. The lowest BCUT2D eigenvalue weighted by atomic mass is 9.93. The SMILES string of the molecule is CCCCOC1(OCCCC)N=C(N)C2(C#N)C(c3cc(Br)ccc3F)C12C#N. The van der Waals surface area contributed by atoms with Crippen LogP contribution in [0.3, 0.4) is 0 Å². The average molecular weight is 463 g/mol. The van der Waals surface area contributed by atoms with E-state index in [0.29, 0.717) is 4.47 Å². The number of fused-ring (bicyclic) bond motifs is 1. The van der Waals surface area contributed by atoms with E-state index in [2.05, 4.69) is 33.1 Å². The molecule has 2 aliphatic rings. The molecule has 1 heterocycles. The first kappa shape index (κ1) is 21.7. The van der Waals surface area contributed by atoms with Crippen molar-refractivity contribution in [2.75, 3.05) is 13.2 Å². The molecule has 6 nitrogen and oxygen atoms in total. The smallest absolute Gasteiger partial charge is 0.293 e. The lowest BCUT2D eigenvalue weighted by molar-refractivity contribution is -0.260. The van der Waals surface area contributed by atoms with Gasteiger partial charge in [0.2, 0.25) is 0 Å². The highest BCUT2D eigenvalue weighted by atomic mass is 79.9. The van der Waals surface area contributed by atoms with Gasteiger partial charge in [0.1, 0.15) is 17.1 Å². The van der Waals surface area contributed by atoms with Crippen molar-refractivity contribution >= 4 is 21.8 Å². The van der Waals surface area contributed by atoms with Crippen molar-refractivity contribution in [3.05, 3.63) is 34.1 Å². The van der Waals surface area contributed by atoms with Crippen LogP contribution in [0.2, 0.25) is 0 Å². The second-order valence-electron chi connectivity index (χ2n) is 7.42. The van der Waals surface area contributed by atoms with Crippen molar-refractivity contribution in [1.82, 2.24) is 0 Å². The van der Waals surface area contributed by atoms with E-state index in [1.54, 1.807) is 12.1 Å². The zero-order valence-electron chi connectivity index (χ0n) is 16.5. The van der Waals surface area contributed by atoms with Gasteiger partial charge < -0.3 is 15.2 Å². The summed E-state index contributed by atoms with van der Waals surface area (Å²) in [6.45, 7) is 4.60. The summed E-state index contributed by atoms with van der Waals surface area (Å²) in [6, 6.07) is 8.83. The summed E-state index contributed by atoms with van der Waals surface area (Å²) in [5, 5.41) is 20.4. The quantitative estimate of drug-likeness (QED) is 0.433. The Kier molecular flexibility index (Phi) is 6.01. The van der Waals surface area contributed by atoms with Crippen LogP contribution < -0.4 is 5.73 Å². The number of nitrogens with zero attached hydrogens (tertiary/aromatic N) is 3. The van der Waals surface area contributed by atoms with E-state index in [9.17, 15) is 14.9 Å². The molecule has 1 aliphatic heterocycles. The van der Waals surface area contributed by atoms with Gasteiger partial charge in [-0.2, -0.15) is 10.5 Å². The number of aliphatic imine (C=N–C) groups is 1. The molecule has 0 radical (unpaired) electrons. The fraction of sp³-hybridized carbons (Fsp3) is 0.571. The number of benzene rings is 1. The minimum Gasteiger partial charge on any atom is -0.386 e. The Hall–Kier alpha value is -2.00. The van der Waals surface area contributed by atoms with Crippen LogP contribution in [0, 0.1) is 39.3 Å². The standard InChI is InChI=1S/C21H24BrFN4O2/c1-3-5-9-28-21(29-10-6-4-2)20(13-25)17(19(20,12-24)18(26)27-21)15-11-14(22)7-8-16(15)23/h7-8,11,17H,3-6,9-10H2,1-2H3,(H2,26,27). The van der Waals surface area contributed by atoms with Gasteiger partial charge in [-0.25, -0.2) is 9.38 Å². The van der Waals surface area contributed by atoms with Crippen molar-refractivity contribution in [3.63, 3.8) is 0 Å². The van der Waals surface area contributed by atoms with Gasteiger partial charge in [-0.1, -0.05) is 42.6 Å². The predicted octanol–water partition coefficient (Wildman–Crippen LogP) is 4.36. The first-order valence-corrected chi connectivity index (χ1v) is 10.6. The molecule has 1 saturated carbocycles. The van der Waals surface area contributed by atoms with Gasteiger partial charge >= 0.3 is 0 Å². The molecule has 2 N–H and O–H groups in total. The molecule has 0 saturated heterocycles. The number of hydrogen-bond acceptors (Lipinski definition) is 6. The number of halogens is 2. The summed E-state index contributed by atoms with van der Waals surface area (Å²) in [5.74, 6) is -3.13. The van der Waals surface area contributed by atoms with Crippen LogP contribution in [0.25, 0.3) is 0 Å². The molecule has 0 spiro atoms. The highest BCUT2D eigenvalue weighted by molar-refractivity contribution is 9.10. The van der Waals surface area contributed by atoms with Crippen molar-refractivity contribution < 1.29 is 13.9 Å². The fourth-order valence-electron chi connectivity index (χ4n) is 4.27. The van der Waals surface area contributed by atoms with Crippen molar-refractivity contribution in [3.8, 4) is 12.1 Å². The summed E-state index contributed by atoms with van der Waals surface area (Å²) >= 11 is 3.34. The number of ether oxygens (including phenoxy) is 2. The molecule has 29 heavy (non-hydrogen) atoms. The molecule has 1 fully saturated rings. The van der Waals surface area contributed by atoms with Crippen LogP contribution in [0.15, 0.2) is 27.7 Å². The molecular weight excluding hydrogens is 439 g/mol. The molecule has 0 bridgehead atoms. The Bertz CT molecular complexity index is 899. The summed E-state index contributed by atoms with van der Waals surface area (Å²) in [6.07, 6.45) is 3.20. The molecule has 154 valence electrons. The summed E-state index contributed by atoms with van der Waals surface area (Å²) in [4.78, 5) is 4.38. The van der Waals surface area contributed by atoms with E-state index in [4.69, 9.17) is 15.2 Å². The van der Waals surface area contributed by atoms with Gasteiger partial charge in [-0.15, -0.1) is 0 Å². The highest BCUT2D eigenvalue weighted by Gasteiger charge is 2.94. The zero-order chi connectivity index (χ0) is 21.3. The number of nitriles is 2. The van der Waals surface area contributed by atoms with E-state index >= 15 is 0 Å². The average Bonchev–Trinajstić information content (AvgIpc) is 3.28. The second kappa shape index (κ2) is 8.02. The van der Waals surface area contributed by atoms with E-state index < -0.39 is 28.5 Å². The molecule has 1 aliphatic carbocycles. The Morgan fingerprint density at radius 2 is 1.79 bits per heavy atom. The molecule has 3 rings (SSSR count). The molecule has 0 aromatic heterocycles. The Morgan fingerprint density at radius 3 is 2.31 bits per heavy atom. The molecule has 0 amide bonds.